The number of nitrogens with one attached hydrogen (secondary N) is 2. The Morgan fingerprint density at radius 2 is 1.82 bits per heavy atom. The first kappa shape index (κ1) is 28.7. The number of thioether (sulfide) groups is 1. The molecule has 40 heavy (non-hydrogen) atoms. The Balaban J connectivity index is 1.35. The number of carbonyl (C=O) groups is 1. The number of hydrogen-bond acceptors (Lipinski definition) is 11. The average Bonchev–Trinajstić information content (AvgIpc) is 3.54. The van der Waals surface area contributed by atoms with E-state index in [0.717, 1.165) is 71.2 Å². The molecule has 0 saturated heterocycles. The first-order chi connectivity index (χ1) is 19.3. The Kier molecular flexibility index (Phi) is 9.21. The molecule has 2 atom stereocenters. The highest BCUT2D eigenvalue weighted by Gasteiger charge is 2.39. The predicted molar refractivity (Wildman–Crippen MR) is 164 cm³/mol. The fourth-order valence-corrected chi connectivity index (χ4v) is 7.10. The lowest BCUT2D eigenvalue weighted by Gasteiger charge is -2.28. The number of aromatic nitrogens is 2. The lowest BCUT2D eigenvalue weighted by atomic mass is 9.95. The smallest absolute Gasteiger partial charge is 0.253 e. The van der Waals surface area contributed by atoms with Gasteiger partial charge in [-0.15, -0.1) is 16.9 Å². The third-order valence-corrected chi connectivity index (χ3v) is 9.16. The standard InChI is InChI=1S/C28H38N8O2S2/c1-34(2)10-6-12-36(13-7-11-35(3)4)28(37)18-8-9-19-23(14-18)39-27-25(19)26(29-17-30-27)31-20-16-24-21(32-33-40-24)15-22(20)38-5/h8-9,14-16,25,27,30H,6-7,10-13,17H2,1-5H3,(H,29,31). The number of amidine groups is 1. The molecule has 214 valence electrons. The molecule has 0 saturated carbocycles. The molecule has 0 radical (unpaired) electrons. The summed E-state index contributed by atoms with van der Waals surface area (Å²) < 4.78 is 10.7. The topological polar surface area (TPSA) is 98.2 Å². The summed E-state index contributed by atoms with van der Waals surface area (Å²) in [4.78, 5) is 26.0. The van der Waals surface area contributed by atoms with Crippen molar-refractivity contribution in [2.24, 2.45) is 4.99 Å². The van der Waals surface area contributed by atoms with Crippen LogP contribution in [0, 0.1) is 0 Å². The van der Waals surface area contributed by atoms with Crippen molar-refractivity contribution >= 4 is 50.9 Å². The van der Waals surface area contributed by atoms with Crippen molar-refractivity contribution in [2.75, 3.05) is 73.5 Å². The van der Waals surface area contributed by atoms with Gasteiger partial charge in [-0.2, -0.15) is 0 Å². The number of nitrogens with zero attached hydrogens (tertiary/aromatic N) is 6. The highest BCUT2D eigenvalue weighted by Crippen LogP contribution is 2.47. The fraction of sp³-hybridized carbons (Fsp3) is 0.500. The molecule has 12 heteroatoms. The van der Waals surface area contributed by atoms with Gasteiger partial charge in [-0.1, -0.05) is 10.6 Å². The molecule has 5 rings (SSSR count). The second-order valence-corrected chi connectivity index (χ2v) is 12.7. The van der Waals surface area contributed by atoms with Crippen LogP contribution in [-0.4, -0.2) is 110 Å². The van der Waals surface area contributed by atoms with Gasteiger partial charge in [0.1, 0.15) is 17.1 Å². The van der Waals surface area contributed by atoms with Gasteiger partial charge in [0.05, 0.1) is 35.5 Å². The third-order valence-electron chi connectivity index (χ3n) is 7.17. The van der Waals surface area contributed by atoms with Crippen molar-refractivity contribution < 1.29 is 9.53 Å². The number of benzene rings is 2. The highest BCUT2D eigenvalue weighted by atomic mass is 32.2. The van der Waals surface area contributed by atoms with Gasteiger partial charge in [0.15, 0.2) is 0 Å². The molecule has 1 aromatic heterocycles. The van der Waals surface area contributed by atoms with Gasteiger partial charge in [-0.05, 0) is 89.4 Å². The zero-order valence-corrected chi connectivity index (χ0v) is 25.4. The van der Waals surface area contributed by atoms with Gasteiger partial charge in [-0.3, -0.25) is 15.1 Å². The zero-order chi connectivity index (χ0) is 28.2. The van der Waals surface area contributed by atoms with E-state index >= 15 is 0 Å². The van der Waals surface area contributed by atoms with Gasteiger partial charge < -0.3 is 24.8 Å². The molecule has 0 bridgehead atoms. The van der Waals surface area contributed by atoms with Gasteiger partial charge in [0.2, 0.25) is 0 Å². The molecule has 3 aromatic rings. The maximum atomic E-state index is 13.7. The molecule has 0 aliphatic carbocycles. The van der Waals surface area contributed by atoms with E-state index in [1.807, 2.05) is 23.1 Å². The molecule has 2 unspecified atom stereocenters. The number of methoxy groups -OCH3 is 1. The normalized spacial score (nSPS) is 18.1. The van der Waals surface area contributed by atoms with Gasteiger partial charge in [0.25, 0.3) is 5.91 Å². The summed E-state index contributed by atoms with van der Waals surface area (Å²) in [6, 6.07) is 10.1. The lowest BCUT2D eigenvalue weighted by molar-refractivity contribution is 0.0744. The average molecular weight is 583 g/mol. The maximum absolute atomic E-state index is 13.7. The van der Waals surface area contributed by atoms with Crippen molar-refractivity contribution in [1.82, 2.24) is 29.6 Å². The van der Waals surface area contributed by atoms with E-state index in [4.69, 9.17) is 9.73 Å². The summed E-state index contributed by atoms with van der Waals surface area (Å²) >= 11 is 3.13. The summed E-state index contributed by atoms with van der Waals surface area (Å²) in [5.41, 5.74) is 3.58. The van der Waals surface area contributed by atoms with E-state index in [9.17, 15) is 4.79 Å². The Morgan fingerprint density at radius 1 is 1.07 bits per heavy atom. The van der Waals surface area contributed by atoms with Crippen LogP contribution < -0.4 is 15.4 Å². The number of rotatable bonds is 11. The van der Waals surface area contributed by atoms with Crippen molar-refractivity contribution in [3.05, 3.63) is 41.5 Å². The van der Waals surface area contributed by atoms with Crippen LogP contribution in [0.2, 0.25) is 0 Å². The molecule has 3 heterocycles. The lowest BCUT2D eigenvalue weighted by Crippen LogP contribution is -2.41. The highest BCUT2D eigenvalue weighted by molar-refractivity contribution is 8.00. The molecule has 2 aromatic carbocycles. The summed E-state index contributed by atoms with van der Waals surface area (Å²) in [5.74, 6) is 1.73. The first-order valence-electron chi connectivity index (χ1n) is 13.6. The number of amides is 1. The van der Waals surface area contributed by atoms with Crippen LogP contribution in [-0.2, 0) is 0 Å². The minimum atomic E-state index is 0.0363. The summed E-state index contributed by atoms with van der Waals surface area (Å²) in [7, 11) is 9.94. The molecular weight excluding hydrogens is 544 g/mol. The molecule has 10 nitrogen and oxygen atoms in total. The SMILES string of the molecule is COc1cc2nnsc2cc1NC1=NCNC2Sc3cc(C(=O)N(CCCN(C)C)CCCN(C)C)ccc3C12. The van der Waals surface area contributed by atoms with Crippen LogP contribution in [0.5, 0.6) is 5.75 Å². The van der Waals surface area contributed by atoms with Gasteiger partial charge >= 0.3 is 0 Å². The minimum Gasteiger partial charge on any atom is -0.494 e. The van der Waals surface area contributed by atoms with Crippen molar-refractivity contribution in [3.8, 4) is 5.75 Å². The van der Waals surface area contributed by atoms with Crippen LogP contribution in [0.25, 0.3) is 10.2 Å². The molecular formula is C28H38N8O2S2. The van der Waals surface area contributed by atoms with E-state index in [1.165, 1.54) is 17.1 Å². The largest absolute Gasteiger partial charge is 0.494 e. The number of fused-ring (bicyclic) bond motifs is 4. The van der Waals surface area contributed by atoms with Crippen LogP contribution in [0.1, 0.15) is 34.7 Å². The summed E-state index contributed by atoms with van der Waals surface area (Å²) in [6.45, 7) is 3.94. The van der Waals surface area contributed by atoms with Crippen LogP contribution in [0.3, 0.4) is 0 Å². The Hall–Kier alpha value is -2.77. The fourth-order valence-electron chi connectivity index (χ4n) is 5.15. The summed E-state index contributed by atoms with van der Waals surface area (Å²) in [6.07, 6.45) is 1.90. The van der Waals surface area contributed by atoms with Gasteiger partial charge in [-0.25, -0.2) is 0 Å². The van der Waals surface area contributed by atoms with Crippen molar-refractivity contribution in [2.45, 2.75) is 29.0 Å². The Bertz CT molecular complexity index is 1360. The summed E-state index contributed by atoms with van der Waals surface area (Å²) in [5, 5.41) is 11.4. The van der Waals surface area contributed by atoms with E-state index in [2.05, 4.69) is 70.3 Å². The number of aliphatic imine (C=N–C) groups is 1. The molecule has 2 N–H and O–H groups in total. The number of hydrogen-bond donors (Lipinski definition) is 2. The second-order valence-electron chi connectivity index (χ2n) is 10.7. The third kappa shape index (κ3) is 6.41. The zero-order valence-electron chi connectivity index (χ0n) is 23.8. The van der Waals surface area contributed by atoms with E-state index < -0.39 is 0 Å². The second kappa shape index (κ2) is 12.8. The number of carbonyl (C=O) groups excluding carboxylic acids is 1. The van der Waals surface area contributed by atoms with Crippen LogP contribution in [0.4, 0.5) is 5.69 Å². The van der Waals surface area contributed by atoms with Crippen LogP contribution in [0.15, 0.2) is 40.2 Å². The predicted octanol–water partition coefficient (Wildman–Crippen LogP) is 3.63. The van der Waals surface area contributed by atoms with Crippen molar-refractivity contribution in [3.63, 3.8) is 0 Å². The number of anilines is 1. The Morgan fingerprint density at radius 3 is 2.52 bits per heavy atom. The molecule has 0 spiro atoms. The van der Waals surface area contributed by atoms with E-state index in [1.54, 1.807) is 18.9 Å². The Labute approximate surface area is 244 Å². The molecule has 2 aliphatic heterocycles. The van der Waals surface area contributed by atoms with Gasteiger partial charge in [0, 0.05) is 29.6 Å². The van der Waals surface area contributed by atoms with E-state index in [-0.39, 0.29) is 17.2 Å². The van der Waals surface area contributed by atoms with Crippen LogP contribution >= 0.6 is 23.3 Å². The van der Waals surface area contributed by atoms with Crippen molar-refractivity contribution in [1.29, 1.82) is 0 Å². The minimum absolute atomic E-state index is 0.0363. The number of ether oxygens (including phenoxy) is 1. The maximum Gasteiger partial charge on any atom is 0.253 e. The first-order valence-corrected chi connectivity index (χ1v) is 15.2. The van der Waals surface area contributed by atoms with E-state index in [0.29, 0.717) is 12.4 Å². The molecule has 0 fully saturated rings. The monoisotopic (exact) mass is 582 g/mol. The molecule has 1 amide bonds. The molecule has 2 aliphatic rings. The quantitative estimate of drug-likeness (QED) is 0.351.